The van der Waals surface area contributed by atoms with Crippen molar-refractivity contribution in [1.29, 1.82) is 0 Å². The maximum Gasteiger partial charge on any atom is 0.153 e. The maximum absolute atomic E-state index is 11.6. The van der Waals surface area contributed by atoms with E-state index in [1.54, 1.807) is 13.8 Å². The van der Waals surface area contributed by atoms with Crippen LogP contribution in [-0.4, -0.2) is 32.0 Å². The molecule has 0 unspecified atom stereocenters. The van der Waals surface area contributed by atoms with E-state index in [1.807, 2.05) is 12.1 Å². The minimum Gasteiger partial charge on any atom is -0.312 e. The van der Waals surface area contributed by atoms with Gasteiger partial charge in [-0.25, -0.2) is 8.42 Å². The van der Waals surface area contributed by atoms with Crippen LogP contribution < -0.4 is 5.32 Å². The predicted molar refractivity (Wildman–Crippen MR) is 84.1 cm³/mol. The summed E-state index contributed by atoms with van der Waals surface area (Å²) in [6, 6.07) is 8.40. The number of hydrogen-bond donors (Lipinski definition) is 1. The van der Waals surface area contributed by atoms with Crippen LogP contribution in [0.4, 0.5) is 0 Å². The number of rotatable bonds is 5. The zero-order chi connectivity index (χ0) is 15.0. The van der Waals surface area contributed by atoms with Gasteiger partial charge < -0.3 is 5.32 Å². The molecule has 1 saturated carbocycles. The molecule has 0 aromatic heterocycles. The van der Waals surface area contributed by atoms with Crippen LogP contribution in [0.1, 0.15) is 38.2 Å². The smallest absolute Gasteiger partial charge is 0.153 e. The Bertz CT molecular complexity index is 560. The molecule has 1 aromatic carbocycles. The largest absolute Gasteiger partial charge is 0.312 e. The van der Waals surface area contributed by atoms with Crippen molar-refractivity contribution in [3.63, 3.8) is 0 Å². The van der Waals surface area contributed by atoms with Crippen LogP contribution in [0.3, 0.4) is 0 Å². The molecule has 1 aliphatic carbocycles. The van der Waals surface area contributed by atoms with Crippen LogP contribution in [0.2, 0.25) is 5.02 Å². The highest BCUT2D eigenvalue weighted by atomic mass is 35.5. The van der Waals surface area contributed by atoms with E-state index in [0.717, 1.165) is 17.9 Å². The van der Waals surface area contributed by atoms with E-state index >= 15 is 0 Å². The Kier molecular flexibility index (Phi) is 4.47. The molecule has 0 bridgehead atoms. The van der Waals surface area contributed by atoms with E-state index in [1.165, 1.54) is 11.8 Å². The first kappa shape index (κ1) is 15.8. The normalized spacial score (nSPS) is 23.4. The molecule has 5 heteroatoms. The van der Waals surface area contributed by atoms with E-state index in [4.69, 9.17) is 11.6 Å². The fourth-order valence-electron chi connectivity index (χ4n) is 2.31. The van der Waals surface area contributed by atoms with Crippen molar-refractivity contribution in [3.05, 3.63) is 34.9 Å². The lowest BCUT2D eigenvalue weighted by atomic mass is 9.76. The van der Waals surface area contributed by atoms with E-state index in [9.17, 15) is 8.42 Å². The number of sulfone groups is 1. The minimum atomic E-state index is -3.03. The van der Waals surface area contributed by atoms with Crippen LogP contribution in [0.5, 0.6) is 0 Å². The van der Waals surface area contributed by atoms with Gasteiger partial charge in [-0.2, -0.15) is 0 Å². The molecule has 0 radical (unpaired) electrons. The molecule has 0 aliphatic heterocycles. The van der Waals surface area contributed by atoms with Gasteiger partial charge in [0.15, 0.2) is 9.84 Å². The van der Waals surface area contributed by atoms with Gasteiger partial charge in [0.05, 0.1) is 4.75 Å². The lowest BCUT2D eigenvalue weighted by Gasteiger charge is -2.38. The number of benzene rings is 1. The Morgan fingerprint density at radius 2 is 1.80 bits per heavy atom. The Hall–Kier alpha value is -0.580. The fourth-order valence-corrected chi connectivity index (χ4v) is 2.78. The van der Waals surface area contributed by atoms with Crippen LogP contribution in [0.15, 0.2) is 24.3 Å². The second-order valence-electron chi connectivity index (χ2n) is 6.33. The molecular formula is C15H22ClNO2S. The molecule has 0 spiro atoms. The third-order valence-electron chi connectivity index (χ3n) is 4.30. The highest BCUT2D eigenvalue weighted by Gasteiger charge is 2.34. The summed E-state index contributed by atoms with van der Waals surface area (Å²) < 4.78 is 22.6. The fraction of sp³-hybridized carbons (Fsp3) is 0.600. The van der Waals surface area contributed by atoms with E-state index < -0.39 is 14.6 Å². The molecular weight excluding hydrogens is 294 g/mol. The second-order valence-corrected chi connectivity index (χ2v) is 9.42. The quantitative estimate of drug-likeness (QED) is 0.908. The molecule has 20 heavy (non-hydrogen) atoms. The molecule has 2 rings (SSSR count). The van der Waals surface area contributed by atoms with Crippen molar-refractivity contribution in [1.82, 2.24) is 5.32 Å². The van der Waals surface area contributed by atoms with Crippen LogP contribution in [0, 0.1) is 0 Å². The highest BCUT2D eigenvalue weighted by molar-refractivity contribution is 7.92. The van der Waals surface area contributed by atoms with Crippen LogP contribution in [0.25, 0.3) is 0 Å². The van der Waals surface area contributed by atoms with Crippen molar-refractivity contribution < 1.29 is 8.42 Å². The molecule has 112 valence electrons. The van der Waals surface area contributed by atoms with Gasteiger partial charge in [-0.15, -0.1) is 0 Å². The van der Waals surface area contributed by atoms with Crippen molar-refractivity contribution in [2.45, 2.75) is 43.4 Å². The van der Waals surface area contributed by atoms with Gasteiger partial charge in [-0.3, -0.25) is 0 Å². The molecule has 3 nitrogen and oxygen atoms in total. The summed E-state index contributed by atoms with van der Waals surface area (Å²) >= 11 is 5.88. The van der Waals surface area contributed by atoms with Gasteiger partial charge in [0, 0.05) is 23.9 Å². The van der Waals surface area contributed by atoms with Gasteiger partial charge in [0.1, 0.15) is 0 Å². The maximum atomic E-state index is 11.6. The van der Waals surface area contributed by atoms with Crippen LogP contribution >= 0.6 is 11.6 Å². The summed E-state index contributed by atoms with van der Waals surface area (Å²) in [6.07, 6.45) is 3.41. The Morgan fingerprint density at radius 3 is 2.30 bits per heavy atom. The Morgan fingerprint density at radius 1 is 1.25 bits per heavy atom. The minimum absolute atomic E-state index is 0.414. The summed E-state index contributed by atoms with van der Waals surface area (Å²) in [5.41, 5.74) is 1.31. The van der Waals surface area contributed by atoms with E-state index in [2.05, 4.69) is 17.4 Å². The standard InChI is InChI=1S/C15H22ClNO2S/c1-15(2,20(3,18)19)10-17-14-8-12(9-14)11-4-6-13(16)7-5-11/h4-7,12,14,17H,8-10H2,1-3H3. The summed E-state index contributed by atoms with van der Waals surface area (Å²) in [6.45, 7) is 4.04. The van der Waals surface area contributed by atoms with Gasteiger partial charge in [0.25, 0.3) is 0 Å². The second kappa shape index (κ2) is 5.66. The van der Waals surface area contributed by atoms with Crippen molar-refractivity contribution in [3.8, 4) is 0 Å². The monoisotopic (exact) mass is 315 g/mol. The topological polar surface area (TPSA) is 46.2 Å². The number of hydrogen-bond acceptors (Lipinski definition) is 3. The lowest BCUT2D eigenvalue weighted by Crippen LogP contribution is -2.49. The zero-order valence-electron chi connectivity index (χ0n) is 12.2. The molecule has 1 aliphatic rings. The SMILES string of the molecule is CC(C)(CNC1CC(c2ccc(Cl)cc2)C1)S(C)(=O)=O. The van der Waals surface area contributed by atoms with Gasteiger partial charge in [-0.05, 0) is 50.3 Å². The molecule has 0 atom stereocenters. The molecule has 1 fully saturated rings. The van der Waals surface area contributed by atoms with Crippen LogP contribution in [-0.2, 0) is 9.84 Å². The van der Waals surface area contributed by atoms with Crippen molar-refractivity contribution in [2.24, 2.45) is 0 Å². The highest BCUT2D eigenvalue weighted by Crippen LogP contribution is 2.37. The van der Waals surface area contributed by atoms with E-state index in [-0.39, 0.29) is 0 Å². The average molecular weight is 316 g/mol. The van der Waals surface area contributed by atoms with Crippen molar-refractivity contribution >= 4 is 21.4 Å². The lowest BCUT2D eigenvalue weighted by molar-refractivity contribution is 0.284. The first-order valence-corrected chi connectivity index (χ1v) is 9.14. The Labute approximate surface area is 126 Å². The van der Waals surface area contributed by atoms with Gasteiger partial charge in [0.2, 0.25) is 0 Å². The predicted octanol–water partition coefficient (Wildman–Crippen LogP) is 3.00. The first-order chi connectivity index (χ1) is 9.19. The molecule has 0 amide bonds. The summed E-state index contributed by atoms with van der Waals surface area (Å²) in [5.74, 6) is 0.561. The van der Waals surface area contributed by atoms with Gasteiger partial charge >= 0.3 is 0 Å². The average Bonchev–Trinajstić information content (AvgIpc) is 2.27. The third-order valence-corrected chi connectivity index (χ3v) is 6.70. The number of halogens is 1. The van der Waals surface area contributed by atoms with E-state index in [0.29, 0.717) is 18.5 Å². The molecule has 0 heterocycles. The summed E-state index contributed by atoms with van der Waals surface area (Å²) in [5, 5.41) is 4.13. The molecule has 1 N–H and O–H groups in total. The zero-order valence-corrected chi connectivity index (χ0v) is 13.8. The summed E-state index contributed by atoms with van der Waals surface area (Å²) in [4.78, 5) is 0. The third kappa shape index (κ3) is 3.54. The van der Waals surface area contributed by atoms with Gasteiger partial charge in [-0.1, -0.05) is 23.7 Å². The Balaban J connectivity index is 1.82. The first-order valence-electron chi connectivity index (χ1n) is 6.87. The van der Waals surface area contributed by atoms with Crippen molar-refractivity contribution in [2.75, 3.05) is 12.8 Å². The number of nitrogens with one attached hydrogen (secondary N) is 1. The molecule has 1 aromatic rings. The molecule has 0 saturated heterocycles. The summed E-state index contributed by atoms with van der Waals surface area (Å²) in [7, 11) is -3.03.